The smallest absolute Gasteiger partial charge is 0.323 e. The first-order chi connectivity index (χ1) is 25.1. The summed E-state index contributed by atoms with van der Waals surface area (Å²) in [5, 5.41) is 0. The maximum absolute atomic E-state index is 13.9. The largest absolute Gasteiger partial charge is 0.493 e. The van der Waals surface area contributed by atoms with Crippen molar-refractivity contribution in [3.8, 4) is 11.5 Å². The van der Waals surface area contributed by atoms with Gasteiger partial charge in [0, 0.05) is 58.8 Å². The maximum Gasteiger partial charge on any atom is 0.323 e. The van der Waals surface area contributed by atoms with Gasteiger partial charge in [-0.15, -0.1) is 0 Å². The van der Waals surface area contributed by atoms with Gasteiger partial charge in [-0.3, -0.25) is 9.69 Å². The number of piperidine rings is 1. The molecule has 0 spiro atoms. The number of carbonyl (C=O) groups is 1. The predicted molar refractivity (Wildman–Crippen MR) is 118 cm³/mol. The second-order valence-corrected chi connectivity index (χ2v) is 6.42. The van der Waals surface area contributed by atoms with E-state index in [1.807, 2.05) is 0 Å². The molecule has 2 aliphatic heterocycles. The molecule has 2 aliphatic rings. The fraction of sp³-hybridized carbons (Fsp3) is 0.708. The lowest BCUT2D eigenvalue weighted by Gasteiger charge is -2.47. The quantitative estimate of drug-likeness (QED) is 0.646. The molecule has 0 bridgehead atoms. The highest BCUT2D eigenvalue weighted by atomic mass is 16.5. The van der Waals surface area contributed by atoms with Crippen LogP contribution in [0.2, 0.25) is 0 Å². The van der Waals surface area contributed by atoms with E-state index in [2.05, 4.69) is 0 Å². The molecule has 0 amide bonds. The molecule has 2 N–H and O–H groups in total. The Kier molecular flexibility index (Phi) is 1.97. The maximum atomic E-state index is 13.9. The monoisotopic (exact) mass is 446 g/mol. The Hall–Kier alpha value is -1.79. The summed E-state index contributed by atoms with van der Waals surface area (Å²) in [5.41, 5.74) is 4.19. The Labute approximate surface area is 220 Å². The zero-order chi connectivity index (χ0) is 46.1. The standard InChI is InChI=1S/C24H38N2O4/c1-14(2)9-17-13-26-8-7-16-10-21(28-5)22(29-6)11-18(16)19(26)12-20(17)30-24(27)23(25)15(3)4/h10-11,14-15,17,19-20,23H,7-9,12-13,25H2,1-6H3/t17?,19?,20?,23-/m0/s1/i1D3,2D3,3D3,4D3,5D3,6D3,7D2,8D2,9D2,14D,15D,20D,23D. The summed E-state index contributed by atoms with van der Waals surface area (Å²) in [6.07, 6.45) is -12.8. The Balaban J connectivity index is 2.51. The molecule has 0 radical (unpaired) electrons. The Morgan fingerprint density at radius 1 is 1.37 bits per heavy atom. The number of methoxy groups -OCH3 is 2. The van der Waals surface area contributed by atoms with Crippen molar-refractivity contribution in [2.45, 2.75) is 64.7 Å². The van der Waals surface area contributed by atoms with E-state index in [0.29, 0.717) is 17.0 Å². The molecule has 1 aromatic rings. The van der Waals surface area contributed by atoms with E-state index in [1.165, 1.54) is 0 Å². The van der Waals surface area contributed by atoms with Crippen LogP contribution in [-0.4, -0.2) is 50.1 Å². The molecule has 4 atom stereocenters. The molecule has 3 unspecified atom stereocenters. The van der Waals surface area contributed by atoms with Crippen LogP contribution in [0.3, 0.4) is 0 Å². The molecule has 0 aromatic heterocycles. The Morgan fingerprint density at radius 2 is 2.13 bits per heavy atom. The van der Waals surface area contributed by atoms with Crippen molar-refractivity contribution in [1.29, 1.82) is 0 Å². The number of aryl methyl sites for hydroxylation is 1. The van der Waals surface area contributed by atoms with Gasteiger partial charge >= 0.3 is 5.97 Å². The van der Waals surface area contributed by atoms with Gasteiger partial charge in [0.25, 0.3) is 0 Å². The van der Waals surface area contributed by atoms with Crippen LogP contribution in [0.4, 0.5) is 0 Å². The van der Waals surface area contributed by atoms with Gasteiger partial charge in [0.15, 0.2) is 11.5 Å². The molecule has 2 heterocycles. The van der Waals surface area contributed by atoms with E-state index in [1.54, 1.807) is 0 Å². The minimum atomic E-state index is -4.33. The third kappa shape index (κ3) is 4.75. The van der Waals surface area contributed by atoms with Gasteiger partial charge < -0.3 is 19.9 Å². The van der Waals surface area contributed by atoms with Crippen LogP contribution >= 0.6 is 0 Å². The number of ether oxygens (including phenoxy) is 3. The lowest BCUT2D eigenvalue weighted by molar-refractivity contribution is -0.160. The van der Waals surface area contributed by atoms with Crippen LogP contribution in [-0.2, 0) is 15.9 Å². The second-order valence-electron chi connectivity index (χ2n) is 6.42. The number of rotatable bonds is 7. The minimum absolute atomic E-state index is 0.386. The molecule has 6 nitrogen and oxygen atoms in total. The molecule has 0 saturated carbocycles. The number of esters is 1. The summed E-state index contributed by atoms with van der Waals surface area (Å²) in [6.45, 7) is -21.7. The van der Waals surface area contributed by atoms with Crippen LogP contribution in [0.25, 0.3) is 0 Å². The predicted octanol–water partition coefficient (Wildman–Crippen LogP) is 3.56. The minimum Gasteiger partial charge on any atom is -0.493 e. The highest BCUT2D eigenvalue weighted by molar-refractivity contribution is 5.76. The molecule has 3 rings (SSSR count). The average molecular weight is 447 g/mol. The van der Waals surface area contributed by atoms with E-state index in [0.717, 1.165) is 0 Å². The first-order valence-electron chi connectivity index (χ1n) is 22.5. The van der Waals surface area contributed by atoms with Crippen molar-refractivity contribution in [1.82, 2.24) is 4.90 Å². The van der Waals surface area contributed by atoms with Crippen molar-refractivity contribution in [2.24, 2.45) is 23.4 Å². The molecule has 1 fully saturated rings. The molecule has 168 valence electrons. The summed E-state index contributed by atoms with van der Waals surface area (Å²) < 4.78 is 242. The van der Waals surface area contributed by atoms with Crippen LogP contribution in [0, 0.1) is 17.7 Å². The number of nitrogens with two attached hydrogens (primary N) is 1. The number of benzene rings is 1. The van der Waals surface area contributed by atoms with E-state index < -0.39 is 138 Å². The molecule has 1 saturated heterocycles. The lowest BCUT2D eigenvalue weighted by atomic mass is 9.79. The zero-order valence-corrected chi connectivity index (χ0v) is 15.4. The lowest BCUT2D eigenvalue weighted by Crippen LogP contribution is -2.51. The van der Waals surface area contributed by atoms with E-state index in [-0.39, 0.29) is 0 Å². The second kappa shape index (κ2) is 9.56. The first-order valence-corrected chi connectivity index (χ1v) is 8.46. The highest BCUT2D eigenvalue weighted by Gasteiger charge is 2.41. The van der Waals surface area contributed by atoms with E-state index in [4.69, 9.17) is 57.0 Å². The van der Waals surface area contributed by atoms with E-state index in [9.17, 15) is 6.17 Å². The van der Waals surface area contributed by atoms with Gasteiger partial charge in [-0.25, -0.2) is 0 Å². The van der Waals surface area contributed by atoms with Crippen LogP contribution in [0.1, 0.15) is 95.8 Å². The van der Waals surface area contributed by atoms with Crippen molar-refractivity contribution >= 4 is 5.97 Å². The molecule has 6 heteroatoms. The van der Waals surface area contributed by atoms with Gasteiger partial charge in [-0.2, -0.15) is 0 Å². The number of fused-ring (bicyclic) bond motifs is 3. The van der Waals surface area contributed by atoms with Gasteiger partial charge in [-0.1, -0.05) is 27.4 Å². The number of carbonyl (C=O) groups excluding carboxylic acids is 1. The van der Waals surface area contributed by atoms with Gasteiger partial charge in [-0.05, 0) is 47.8 Å². The van der Waals surface area contributed by atoms with Crippen molar-refractivity contribution in [3.05, 3.63) is 23.3 Å². The fourth-order valence-electron chi connectivity index (χ4n) is 3.21. The Bertz CT molecular complexity index is 1710. The molecule has 0 aliphatic carbocycles. The molecular formula is C24H38N2O4. The summed E-state index contributed by atoms with van der Waals surface area (Å²) >= 11 is 0. The van der Waals surface area contributed by atoms with Gasteiger partial charge in [0.1, 0.15) is 12.1 Å². The molecule has 1 aromatic carbocycles. The summed E-state index contributed by atoms with van der Waals surface area (Å²) in [4.78, 5) is 14.2. The SMILES string of the molecule is [2H]C([2H])([2H])Oc1cc2c(cc1OC([2H])([2H])[2H])C([2H])([2H])C([2H])([2H])N1CC(C([2H])([2H])C([2H])(C([2H])([2H])[2H])C([2H])([2H])[2H])C([2H])(OC(=O)[C@@]([2H])(N)C([2H])(C([2H])([2H])[2H])C([2H])([2H])[2H])CC21. The van der Waals surface area contributed by atoms with Gasteiger partial charge in [0.05, 0.1) is 25.0 Å². The third-order valence-corrected chi connectivity index (χ3v) is 4.60. The van der Waals surface area contributed by atoms with Crippen LogP contribution in [0.15, 0.2) is 12.1 Å². The van der Waals surface area contributed by atoms with Crippen LogP contribution < -0.4 is 15.2 Å². The third-order valence-electron chi connectivity index (χ3n) is 4.60. The normalized spacial score (nSPS) is 49.2. The summed E-state index contributed by atoms with van der Waals surface area (Å²) in [7, 11) is -6.75. The number of nitrogens with zero attached hydrogens (tertiary/aromatic N) is 1. The topological polar surface area (TPSA) is 74.0 Å². The molecular weight excluding hydrogens is 380 g/mol. The zero-order valence-electron chi connectivity index (χ0n) is 43.4. The van der Waals surface area contributed by atoms with Crippen molar-refractivity contribution < 1.29 is 57.4 Å². The number of hydrogen-bond donors (Lipinski definition) is 1. The van der Waals surface area contributed by atoms with Gasteiger partial charge in [0.2, 0.25) is 0 Å². The van der Waals surface area contributed by atoms with Crippen molar-refractivity contribution in [2.75, 3.05) is 27.1 Å². The van der Waals surface area contributed by atoms with E-state index >= 15 is 0 Å². The summed E-state index contributed by atoms with van der Waals surface area (Å²) in [5.74, 6) is -16.1. The first kappa shape index (κ1) is 6.16. The average Bonchev–Trinajstić information content (AvgIpc) is 2.95. The summed E-state index contributed by atoms with van der Waals surface area (Å²) in [6, 6.07) is -5.14. The molecule has 30 heavy (non-hydrogen) atoms. The Morgan fingerprint density at radius 3 is 2.83 bits per heavy atom. The fourth-order valence-corrected chi connectivity index (χ4v) is 3.21. The number of hydrogen-bond acceptors (Lipinski definition) is 6. The highest BCUT2D eigenvalue weighted by Crippen LogP contribution is 2.44. The van der Waals surface area contributed by atoms with Crippen LogP contribution in [0.5, 0.6) is 11.5 Å². The van der Waals surface area contributed by atoms with Crippen molar-refractivity contribution in [3.63, 3.8) is 0 Å².